The normalized spacial score (nSPS) is 17.8. The van der Waals surface area contributed by atoms with Crippen LogP contribution in [0.3, 0.4) is 0 Å². The number of benzene rings is 1. The highest BCUT2D eigenvalue weighted by Crippen LogP contribution is 2.33. The van der Waals surface area contributed by atoms with Crippen LogP contribution in [0.15, 0.2) is 18.2 Å². The minimum atomic E-state index is -0.198. The Morgan fingerprint density at radius 2 is 2.33 bits per heavy atom. The van der Waals surface area contributed by atoms with Gasteiger partial charge >= 0.3 is 5.97 Å². The minimum absolute atomic E-state index is 0.198. The summed E-state index contributed by atoms with van der Waals surface area (Å²) in [5.41, 5.74) is 3.43. The third kappa shape index (κ3) is 2.54. The van der Waals surface area contributed by atoms with Crippen LogP contribution in [-0.2, 0) is 28.9 Å². The summed E-state index contributed by atoms with van der Waals surface area (Å²) in [5.74, 6) is -0.198. The van der Waals surface area contributed by atoms with E-state index < -0.39 is 0 Å². The first-order chi connectivity index (χ1) is 10.1. The number of rotatable bonds is 3. The van der Waals surface area contributed by atoms with Crippen molar-refractivity contribution in [3.05, 3.63) is 34.5 Å². The van der Waals surface area contributed by atoms with Crippen molar-refractivity contribution < 1.29 is 9.53 Å². The number of hydrogen-bond donors (Lipinski definition) is 1. The van der Waals surface area contributed by atoms with E-state index in [2.05, 4.69) is 9.88 Å². The van der Waals surface area contributed by atoms with Gasteiger partial charge in [0.25, 0.3) is 0 Å². The van der Waals surface area contributed by atoms with E-state index in [1.54, 1.807) is 0 Å². The van der Waals surface area contributed by atoms with Crippen LogP contribution < -0.4 is 5.32 Å². The molecule has 1 aromatic carbocycles. The molecule has 0 radical (unpaired) electrons. The molecule has 2 heterocycles. The molecule has 0 saturated heterocycles. The van der Waals surface area contributed by atoms with Crippen molar-refractivity contribution in [2.45, 2.75) is 31.8 Å². The Hall–Kier alpha value is -1.52. The number of carbonyl (C=O) groups is 1. The summed E-state index contributed by atoms with van der Waals surface area (Å²) in [7, 11) is 3.42. The number of likely N-dealkylation sites (N-methyl/N-ethyl adjacent to an activating group) is 1. The molecule has 21 heavy (non-hydrogen) atoms. The van der Waals surface area contributed by atoms with Gasteiger partial charge in [-0.2, -0.15) is 0 Å². The zero-order valence-corrected chi connectivity index (χ0v) is 13.0. The number of ether oxygens (including phenoxy) is 1. The molecule has 4 nitrogen and oxygen atoms in total. The van der Waals surface area contributed by atoms with Crippen molar-refractivity contribution >= 4 is 28.5 Å². The maximum absolute atomic E-state index is 11.7. The van der Waals surface area contributed by atoms with Crippen LogP contribution in [0, 0.1) is 0 Å². The maximum atomic E-state index is 11.7. The fourth-order valence-corrected chi connectivity index (χ4v) is 3.38. The van der Waals surface area contributed by atoms with Crippen LogP contribution in [0.4, 0.5) is 0 Å². The third-order valence-electron chi connectivity index (χ3n) is 4.34. The smallest absolute Gasteiger partial charge is 0.310 e. The number of methoxy groups -OCH3 is 1. The molecule has 0 spiro atoms. The monoisotopic (exact) mass is 306 g/mol. The van der Waals surface area contributed by atoms with Gasteiger partial charge in [-0.3, -0.25) is 4.79 Å². The molecule has 0 unspecified atom stereocenters. The summed E-state index contributed by atoms with van der Waals surface area (Å²) in [6.45, 7) is 0.907. The predicted octanol–water partition coefficient (Wildman–Crippen LogP) is 2.54. The third-order valence-corrected chi connectivity index (χ3v) is 4.57. The van der Waals surface area contributed by atoms with Crippen LogP contribution in [0.1, 0.15) is 17.7 Å². The molecule has 0 amide bonds. The SMILES string of the molecule is CN[C@H]1CCc2c(CC(=O)OC)c3ccc(Cl)cc3n2C1. The van der Waals surface area contributed by atoms with Gasteiger partial charge in [0.05, 0.1) is 19.0 Å². The van der Waals surface area contributed by atoms with Crippen molar-refractivity contribution in [1.29, 1.82) is 0 Å². The van der Waals surface area contributed by atoms with Gasteiger partial charge in [0, 0.05) is 28.7 Å². The highest BCUT2D eigenvalue weighted by molar-refractivity contribution is 6.31. The lowest BCUT2D eigenvalue weighted by molar-refractivity contribution is -0.139. The van der Waals surface area contributed by atoms with Gasteiger partial charge in [-0.15, -0.1) is 0 Å². The fourth-order valence-electron chi connectivity index (χ4n) is 3.21. The van der Waals surface area contributed by atoms with E-state index in [9.17, 15) is 4.79 Å². The molecule has 1 aliphatic heterocycles. The first-order valence-corrected chi connectivity index (χ1v) is 7.55. The molecule has 1 N–H and O–H groups in total. The van der Waals surface area contributed by atoms with E-state index in [0.29, 0.717) is 12.5 Å². The van der Waals surface area contributed by atoms with Gasteiger partial charge in [0.1, 0.15) is 0 Å². The zero-order chi connectivity index (χ0) is 15.0. The van der Waals surface area contributed by atoms with Crippen molar-refractivity contribution in [2.24, 2.45) is 0 Å². The number of esters is 1. The molecule has 1 aromatic heterocycles. The lowest BCUT2D eigenvalue weighted by Crippen LogP contribution is -2.35. The number of carbonyl (C=O) groups excluding carboxylic acids is 1. The number of nitrogens with one attached hydrogen (secondary N) is 1. The van der Waals surface area contributed by atoms with Crippen LogP contribution >= 0.6 is 11.6 Å². The summed E-state index contributed by atoms with van der Waals surface area (Å²) < 4.78 is 7.14. The molecule has 112 valence electrons. The summed E-state index contributed by atoms with van der Waals surface area (Å²) >= 11 is 6.15. The molecule has 1 aliphatic rings. The lowest BCUT2D eigenvalue weighted by atomic mass is 10.0. The topological polar surface area (TPSA) is 43.3 Å². The number of aromatic nitrogens is 1. The maximum Gasteiger partial charge on any atom is 0.310 e. The Labute approximate surface area is 129 Å². The van der Waals surface area contributed by atoms with Crippen molar-refractivity contribution in [1.82, 2.24) is 9.88 Å². The van der Waals surface area contributed by atoms with E-state index in [1.807, 2.05) is 25.2 Å². The molecule has 0 aliphatic carbocycles. The Morgan fingerprint density at radius 1 is 1.52 bits per heavy atom. The van der Waals surface area contributed by atoms with Crippen LogP contribution in [0.5, 0.6) is 0 Å². The van der Waals surface area contributed by atoms with E-state index in [0.717, 1.165) is 40.9 Å². The largest absolute Gasteiger partial charge is 0.469 e. The van der Waals surface area contributed by atoms with Crippen LogP contribution in [-0.4, -0.2) is 30.7 Å². The number of hydrogen-bond acceptors (Lipinski definition) is 3. The summed E-state index contributed by atoms with van der Waals surface area (Å²) in [6.07, 6.45) is 2.36. The average Bonchev–Trinajstić information content (AvgIpc) is 2.80. The van der Waals surface area contributed by atoms with Crippen molar-refractivity contribution in [2.75, 3.05) is 14.2 Å². The van der Waals surface area contributed by atoms with Crippen LogP contribution in [0.2, 0.25) is 5.02 Å². The standard InChI is InChI=1S/C16H19ClN2O2/c1-18-11-4-6-14-13(8-16(20)21-2)12-5-3-10(17)7-15(12)19(14)9-11/h3,5,7,11,18H,4,6,8-9H2,1-2H3/t11-/m0/s1. The van der Waals surface area contributed by atoms with E-state index in [4.69, 9.17) is 16.3 Å². The Kier molecular flexibility index (Phi) is 3.91. The summed E-state index contributed by atoms with van der Waals surface area (Å²) in [4.78, 5) is 11.7. The number of nitrogens with zero attached hydrogens (tertiary/aromatic N) is 1. The lowest BCUT2D eigenvalue weighted by Gasteiger charge is -2.25. The molecule has 0 bridgehead atoms. The molecule has 0 fully saturated rings. The van der Waals surface area contributed by atoms with E-state index in [1.165, 1.54) is 12.8 Å². The fraction of sp³-hybridized carbons (Fsp3) is 0.438. The quantitative estimate of drug-likeness (QED) is 0.886. The second-order valence-electron chi connectivity index (χ2n) is 5.47. The first-order valence-electron chi connectivity index (χ1n) is 7.17. The number of fused-ring (bicyclic) bond motifs is 3. The van der Waals surface area contributed by atoms with Gasteiger partial charge in [-0.05, 0) is 37.6 Å². The van der Waals surface area contributed by atoms with Gasteiger partial charge in [-0.1, -0.05) is 17.7 Å². The predicted molar refractivity (Wildman–Crippen MR) is 83.8 cm³/mol. The molecule has 2 aromatic rings. The first kappa shape index (κ1) is 14.4. The highest BCUT2D eigenvalue weighted by Gasteiger charge is 2.25. The summed E-state index contributed by atoms with van der Waals surface area (Å²) in [6, 6.07) is 6.33. The van der Waals surface area contributed by atoms with Crippen LogP contribution in [0.25, 0.3) is 10.9 Å². The Balaban J connectivity index is 2.16. The van der Waals surface area contributed by atoms with Gasteiger partial charge in [-0.25, -0.2) is 0 Å². The second kappa shape index (κ2) is 5.70. The van der Waals surface area contributed by atoms with Gasteiger partial charge in [0.2, 0.25) is 0 Å². The highest BCUT2D eigenvalue weighted by atomic mass is 35.5. The Bertz CT molecular complexity index is 693. The molecular weight excluding hydrogens is 288 g/mol. The van der Waals surface area contributed by atoms with Crippen molar-refractivity contribution in [3.63, 3.8) is 0 Å². The van der Waals surface area contributed by atoms with E-state index >= 15 is 0 Å². The molecular formula is C16H19ClN2O2. The second-order valence-corrected chi connectivity index (χ2v) is 5.91. The van der Waals surface area contributed by atoms with E-state index in [-0.39, 0.29) is 5.97 Å². The number of halogens is 1. The molecule has 3 rings (SSSR count). The molecule has 0 saturated carbocycles. The molecule has 1 atom stereocenters. The van der Waals surface area contributed by atoms with Gasteiger partial charge in [0.15, 0.2) is 0 Å². The van der Waals surface area contributed by atoms with Crippen molar-refractivity contribution in [3.8, 4) is 0 Å². The molecule has 5 heteroatoms. The average molecular weight is 307 g/mol. The Morgan fingerprint density at radius 3 is 3.05 bits per heavy atom. The minimum Gasteiger partial charge on any atom is -0.469 e. The van der Waals surface area contributed by atoms with Gasteiger partial charge < -0.3 is 14.6 Å². The summed E-state index contributed by atoms with van der Waals surface area (Å²) in [5, 5.41) is 5.17. The zero-order valence-electron chi connectivity index (χ0n) is 12.3.